The summed E-state index contributed by atoms with van der Waals surface area (Å²) >= 11 is 3.44. The average Bonchev–Trinajstić information content (AvgIpc) is 3.19. The van der Waals surface area contributed by atoms with Crippen molar-refractivity contribution in [1.82, 2.24) is 10.2 Å². The molecule has 9 heteroatoms. The van der Waals surface area contributed by atoms with Gasteiger partial charge in [-0.2, -0.15) is 0 Å². The third kappa shape index (κ3) is 3.52. The molecule has 8 nitrogen and oxygen atoms in total. The number of rotatable bonds is 4. The second-order valence-electron chi connectivity index (χ2n) is 8.16. The second kappa shape index (κ2) is 8.15. The van der Waals surface area contributed by atoms with Gasteiger partial charge in [0.15, 0.2) is 17.3 Å². The predicted octanol–water partition coefficient (Wildman–Crippen LogP) is 4.15. The molecule has 4 N–H and O–H groups in total. The Labute approximate surface area is 197 Å². The maximum absolute atomic E-state index is 13.5. The first kappa shape index (κ1) is 21.4. The molecular formula is C24H22BrN3O5. The number of H-pyrrole nitrogens is 2. The van der Waals surface area contributed by atoms with Crippen molar-refractivity contribution < 1.29 is 19.4 Å². The number of aromatic amines is 2. The maximum Gasteiger partial charge on any atom is 0.270 e. The van der Waals surface area contributed by atoms with Crippen LogP contribution in [0.3, 0.4) is 0 Å². The summed E-state index contributed by atoms with van der Waals surface area (Å²) in [6.45, 7) is 0. The first-order valence-electron chi connectivity index (χ1n) is 10.4. The fraction of sp³-hybridized carbons (Fsp3) is 0.250. The number of hydrogen-bond acceptors (Lipinski definition) is 6. The van der Waals surface area contributed by atoms with Gasteiger partial charge in [0.2, 0.25) is 0 Å². The molecular weight excluding hydrogens is 490 g/mol. The lowest BCUT2D eigenvalue weighted by molar-refractivity contribution is -0.116. The number of phenols is 1. The molecule has 0 spiro atoms. The lowest BCUT2D eigenvalue weighted by atomic mass is 9.72. The van der Waals surface area contributed by atoms with Gasteiger partial charge in [0.25, 0.3) is 5.56 Å². The largest absolute Gasteiger partial charge is 0.508 e. The topological polar surface area (TPSA) is 116 Å². The van der Waals surface area contributed by atoms with Crippen molar-refractivity contribution in [1.29, 1.82) is 0 Å². The van der Waals surface area contributed by atoms with Crippen LogP contribution in [-0.2, 0) is 4.79 Å². The minimum absolute atomic E-state index is 0.0262. The number of carbonyl (C=O) groups excluding carboxylic acids is 1. The molecule has 170 valence electrons. The molecule has 2 aromatic carbocycles. The van der Waals surface area contributed by atoms with Crippen LogP contribution in [-0.4, -0.2) is 35.3 Å². The average molecular weight is 512 g/mol. The van der Waals surface area contributed by atoms with E-state index in [-0.39, 0.29) is 29.4 Å². The van der Waals surface area contributed by atoms with Crippen LogP contribution in [0, 0.1) is 0 Å². The van der Waals surface area contributed by atoms with Crippen LogP contribution >= 0.6 is 15.9 Å². The zero-order chi connectivity index (χ0) is 23.3. The number of aromatic hydroxyl groups is 1. The SMILES string of the molecule is COc1ccc([C@H]2CC(=O)C3=C(C2)Nc2[nH][nH]c(=O)c2[C@H]3c2cc(Br)ccc2O)cc1OC. The number of hydrogen-bond donors (Lipinski definition) is 4. The number of allylic oxidation sites excluding steroid dienone is 2. The van der Waals surface area contributed by atoms with Crippen molar-refractivity contribution in [3.63, 3.8) is 0 Å². The van der Waals surface area contributed by atoms with Crippen LogP contribution in [0.2, 0.25) is 0 Å². The van der Waals surface area contributed by atoms with Crippen molar-refractivity contribution >= 4 is 27.5 Å². The van der Waals surface area contributed by atoms with E-state index < -0.39 is 5.92 Å². The van der Waals surface area contributed by atoms with E-state index in [4.69, 9.17) is 9.47 Å². The van der Waals surface area contributed by atoms with Gasteiger partial charge in [-0.25, -0.2) is 0 Å². The number of Topliss-reactive ketones (excluding diaryl/α,β-unsaturated/α-hetero) is 1. The van der Waals surface area contributed by atoms with Gasteiger partial charge >= 0.3 is 0 Å². The number of nitrogens with one attached hydrogen (secondary N) is 3. The van der Waals surface area contributed by atoms with Crippen LogP contribution in [0.15, 0.2) is 56.9 Å². The number of benzene rings is 2. The molecule has 2 heterocycles. The van der Waals surface area contributed by atoms with Gasteiger partial charge in [-0.05, 0) is 48.2 Å². The Hall–Kier alpha value is -3.46. The molecule has 0 bridgehead atoms. The summed E-state index contributed by atoms with van der Waals surface area (Å²) in [6.07, 6.45) is 0.841. The molecule has 1 aliphatic carbocycles. The highest BCUT2D eigenvalue weighted by Crippen LogP contribution is 2.49. The smallest absolute Gasteiger partial charge is 0.270 e. The quantitative estimate of drug-likeness (QED) is 0.418. The normalized spacial score (nSPS) is 19.5. The minimum atomic E-state index is -0.678. The van der Waals surface area contributed by atoms with E-state index in [9.17, 15) is 14.7 Å². The number of phenolic OH excluding ortho intramolecular Hbond substituents is 1. The Kier molecular flexibility index (Phi) is 5.28. The van der Waals surface area contributed by atoms with Crippen molar-refractivity contribution in [2.45, 2.75) is 24.7 Å². The Morgan fingerprint density at radius 2 is 1.79 bits per heavy atom. The number of fused-ring (bicyclic) bond motifs is 1. The number of halogens is 1. The molecule has 33 heavy (non-hydrogen) atoms. The number of ketones is 1. The fourth-order valence-electron chi connectivity index (χ4n) is 4.83. The number of anilines is 1. The number of aromatic nitrogens is 2. The summed E-state index contributed by atoms with van der Waals surface area (Å²) < 4.78 is 11.5. The Morgan fingerprint density at radius 1 is 1.00 bits per heavy atom. The Morgan fingerprint density at radius 3 is 2.55 bits per heavy atom. The van der Waals surface area contributed by atoms with Crippen LogP contribution in [0.25, 0.3) is 0 Å². The molecule has 0 fully saturated rings. The second-order valence-corrected chi connectivity index (χ2v) is 9.08. The Bertz CT molecular complexity index is 1360. The molecule has 0 radical (unpaired) electrons. The highest BCUT2D eigenvalue weighted by atomic mass is 79.9. The van der Waals surface area contributed by atoms with E-state index in [0.29, 0.717) is 40.4 Å². The van der Waals surface area contributed by atoms with Crippen molar-refractivity contribution in [3.05, 3.63) is 79.2 Å². The lowest BCUT2D eigenvalue weighted by Gasteiger charge is -2.35. The van der Waals surface area contributed by atoms with Gasteiger partial charge in [-0.15, -0.1) is 0 Å². The van der Waals surface area contributed by atoms with Gasteiger partial charge in [0.05, 0.1) is 25.7 Å². The van der Waals surface area contributed by atoms with Gasteiger partial charge in [0.1, 0.15) is 11.6 Å². The molecule has 3 aromatic rings. The van der Waals surface area contributed by atoms with Crippen LogP contribution in [0.4, 0.5) is 5.82 Å². The molecule has 5 rings (SSSR count). The third-order valence-corrected chi connectivity index (χ3v) is 6.85. The van der Waals surface area contributed by atoms with E-state index >= 15 is 0 Å². The summed E-state index contributed by atoms with van der Waals surface area (Å²) in [5.74, 6) is 0.934. The highest BCUT2D eigenvalue weighted by Gasteiger charge is 2.41. The van der Waals surface area contributed by atoms with Crippen LogP contribution in [0.5, 0.6) is 17.2 Å². The molecule has 1 aliphatic heterocycles. The summed E-state index contributed by atoms with van der Waals surface area (Å²) in [7, 11) is 3.16. The fourth-order valence-corrected chi connectivity index (χ4v) is 5.21. The predicted molar refractivity (Wildman–Crippen MR) is 126 cm³/mol. The van der Waals surface area contributed by atoms with Crippen molar-refractivity contribution in [2.24, 2.45) is 0 Å². The van der Waals surface area contributed by atoms with Crippen LogP contribution < -0.4 is 20.3 Å². The molecule has 1 aromatic heterocycles. The van der Waals surface area contributed by atoms with Crippen LogP contribution in [0.1, 0.15) is 41.4 Å². The monoisotopic (exact) mass is 511 g/mol. The third-order valence-electron chi connectivity index (χ3n) is 6.36. The van der Waals surface area contributed by atoms with E-state index in [0.717, 1.165) is 15.7 Å². The van der Waals surface area contributed by atoms with Gasteiger partial charge in [0, 0.05) is 27.7 Å². The summed E-state index contributed by atoms with van der Waals surface area (Å²) in [4.78, 5) is 26.2. The number of carbonyl (C=O) groups is 1. The molecule has 0 amide bonds. The zero-order valence-electron chi connectivity index (χ0n) is 18.0. The lowest BCUT2D eigenvalue weighted by Crippen LogP contribution is -2.31. The van der Waals surface area contributed by atoms with Gasteiger partial charge < -0.3 is 19.9 Å². The number of methoxy groups -OCH3 is 2. The standard InChI is InChI=1S/C24H22BrN3O5/c1-32-18-6-3-11(9-19(18)33-2)12-7-15-21(17(30)8-12)20(14-10-13(25)4-5-16(14)29)22-23(26-15)27-28-24(22)31/h3-6,9-10,12,20,29H,7-8H2,1-2H3,(H3,26,27,28,31)/t12-,20+/m1/s1. The van der Waals surface area contributed by atoms with Crippen molar-refractivity contribution in [2.75, 3.05) is 19.5 Å². The first-order valence-corrected chi connectivity index (χ1v) is 11.2. The highest BCUT2D eigenvalue weighted by molar-refractivity contribution is 9.10. The molecule has 0 saturated heterocycles. The zero-order valence-corrected chi connectivity index (χ0v) is 19.6. The van der Waals surface area contributed by atoms with Crippen molar-refractivity contribution in [3.8, 4) is 17.2 Å². The van der Waals surface area contributed by atoms with Gasteiger partial charge in [-0.3, -0.25) is 19.8 Å². The summed E-state index contributed by atoms with van der Waals surface area (Å²) in [5, 5.41) is 19.4. The summed E-state index contributed by atoms with van der Waals surface area (Å²) in [5.41, 5.74) is 2.77. The number of ether oxygens (including phenoxy) is 2. The maximum atomic E-state index is 13.5. The molecule has 2 atom stereocenters. The molecule has 2 aliphatic rings. The van der Waals surface area contributed by atoms with E-state index in [1.54, 1.807) is 32.4 Å². The molecule has 0 saturated carbocycles. The minimum Gasteiger partial charge on any atom is -0.508 e. The van der Waals surface area contributed by atoms with E-state index in [1.807, 2.05) is 18.2 Å². The summed E-state index contributed by atoms with van der Waals surface area (Å²) in [6, 6.07) is 10.7. The Balaban J connectivity index is 1.61. The van der Waals surface area contributed by atoms with E-state index in [1.165, 1.54) is 0 Å². The molecule has 0 unspecified atom stereocenters. The van der Waals surface area contributed by atoms with Gasteiger partial charge in [-0.1, -0.05) is 22.0 Å². The van der Waals surface area contributed by atoms with E-state index in [2.05, 4.69) is 31.4 Å². The first-order chi connectivity index (χ1) is 15.9.